The van der Waals surface area contributed by atoms with Crippen molar-refractivity contribution in [1.82, 2.24) is 10.3 Å². The Labute approximate surface area is 130 Å². The maximum Gasteiger partial charge on any atom is 0.124 e. The van der Waals surface area contributed by atoms with Gasteiger partial charge in [0.25, 0.3) is 0 Å². The van der Waals surface area contributed by atoms with Gasteiger partial charge in [-0.3, -0.25) is 0 Å². The van der Waals surface area contributed by atoms with E-state index < -0.39 is 0 Å². The molecule has 1 N–H and O–H groups in total. The number of hydrogen-bond acceptors (Lipinski definition) is 3. The molecule has 21 heavy (non-hydrogen) atoms. The van der Waals surface area contributed by atoms with Gasteiger partial charge in [-0.05, 0) is 37.1 Å². The fraction of sp³-hybridized carbons (Fsp3) is 0.471. The van der Waals surface area contributed by atoms with Crippen molar-refractivity contribution in [3.05, 3.63) is 40.2 Å². The third-order valence-electron chi connectivity index (χ3n) is 3.35. The smallest absolute Gasteiger partial charge is 0.124 e. The second-order valence-corrected chi connectivity index (χ2v) is 6.72. The van der Waals surface area contributed by atoms with Crippen LogP contribution in [0.25, 0.3) is 10.6 Å². The highest BCUT2D eigenvalue weighted by molar-refractivity contribution is 7.15. The van der Waals surface area contributed by atoms with E-state index in [4.69, 9.17) is 4.98 Å². The molecule has 0 saturated heterocycles. The molecule has 114 valence electrons. The maximum atomic E-state index is 13.3. The highest BCUT2D eigenvalue weighted by Gasteiger charge is 2.14. The van der Waals surface area contributed by atoms with Crippen LogP contribution in [-0.2, 0) is 13.0 Å². The van der Waals surface area contributed by atoms with E-state index in [0.29, 0.717) is 6.04 Å². The molecule has 0 aliphatic rings. The first-order valence-corrected chi connectivity index (χ1v) is 8.31. The molecule has 4 heteroatoms. The maximum absolute atomic E-state index is 13.3. The summed E-state index contributed by atoms with van der Waals surface area (Å²) < 4.78 is 13.3. The van der Waals surface area contributed by atoms with E-state index in [-0.39, 0.29) is 5.82 Å². The third-order valence-corrected chi connectivity index (χ3v) is 4.49. The van der Waals surface area contributed by atoms with Gasteiger partial charge in [-0.1, -0.05) is 27.2 Å². The largest absolute Gasteiger partial charge is 0.310 e. The van der Waals surface area contributed by atoms with Crippen LogP contribution in [-0.4, -0.2) is 11.0 Å². The van der Waals surface area contributed by atoms with Gasteiger partial charge in [0.05, 0.1) is 5.69 Å². The molecule has 0 unspecified atom stereocenters. The molecule has 2 nitrogen and oxygen atoms in total. The lowest BCUT2D eigenvalue weighted by atomic mass is 10.1. The minimum absolute atomic E-state index is 0.191. The minimum atomic E-state index is -0.191. The van der Waals surface area contributed by atoms with Gasteiger partial charge in [0.15, 0.2) is 0 Å². The molecule has 0 spiro atoms. The summed E-state index contributed by atoms with van der Waals surface area (Å²) in [5, 5.41) is 4.46. The minimum Gasteiger partial charge on any atom is -0.310 e. The summed E-state index contributed by atoms with van der Waals surface area (Å²) in [5.74, 6) is -0.191. The molecule has 1 aromatic heterocycles. The summed E-state index contributed by atoms with van der Waals surface area (Å²) in [7, 11) is 0. The Morgan fingerprint density at radius 1 is 1.33 bits per heavy atom. The summed E-state index contributed by atoms with van der Waals surface area (Å²) in [6.45, 7) is 9.25. The zero-order chi connectivity index (χ0) is 15.4. The van der Waals surface area contributed by atoms with Gasteiger partial charge in [-0.15, -0.1) is 11.3 Å². The zero-order valence-electron chi connectivity index (χ0n) is 13.2. The van der Waals surface area contributed by atoms with Crippen molar-refractivity contribution < 1.29 is 4.39 Å². The second-order valence-electron chi connectivity index (χ2n) is 5.63. The Bertz CT molecular complexity index is 605. The number of benzene rings is 1. The van der Waals surface area contributed by atoms with Crippen molar-refractivity contribution in [2.24, 2.45) is 0 Å². The molecule has 0 amide bonds. The standard InChI is InChI=1S/C17H23FN2S/c1-5-6-15-16(10-19-11(2)3)21-17(20-15)14-8-7-13(18)9-12(14)4/h7-9,11,19H,5-6,10H2,1-4H3. The van der Waals surface area contributed by atoms with Crippen LogP contribution in [0.3, 0.4) is 0 Å². The summed E-state index contributed by atoms with van der Waals surface area (Å²) in [6, 6.07) is 5.37. The molecule has 2 aromatic rings. The molecule has 0 atom stereocenters. The van der Waals surface area contributed by atoms with Crippen LogP contribution >= 0.6 is 11.3 Å². The summed E-state index contributed by atoms with van der Waals surface area (Å²) in [5.41, 5.74) is 3.15. The van der Waals surface area contributed by atoms with Crippen LogP contribution in [0.5, 0.6) is 0 Å². The quantitative estimate of drug-likeness (QED) is 0.836. The summed E-state index contributed by atoms with van der Waals surface area (Å²) in [6.07, 6.45) is 2.08. The molecular weight excluding hydrogens is 283 g/mol. The number of halogens is 1. The highest BCUT2D eigenvalue weighted by Crippen LogP contribution is 2.31. The lowest BCUT2D eigenvalue weighted by molar-refractivity contribution is 0.589. The first-order chi connectivity index (χ1) is 10.0. The lowest BCUT2D eigenvalue weighted by Gasteiger charge is -2.07. The Balaban J connectivity index is 2.33. The van der Waals surface area contributed by atoms with Crippen molar-refractivity contribution in [3.63, 3.8) is 0 Å². The van der Waals surface area contributed by atoms with Gasteiger partial charge in [0.2, 0.25) is 0 Å². The monoisotopic (exact) mass is 306 g/mol. The number of aryl methyl sites for hydroxylation is 2. The topological polar surface area (TPSA) is 24.9 Å². The molecule has 1 aromatic carbocycles. The van der Waals surface area contributed by atoms with E-state index >= 15 is 0 Å². The average molecular weight is 306 g/mol. The zero-order valence-corrected chi connectivity index (χ0v) is 14.0. The predicted molar refractivity (Wildman–Crippen MR) is 88.2 cm³/mol. The first-order valence-electron chi connectivity index (χ1n) is 7.49. The van der Waals surface area contributed by atoms with Gasteiger partial charge in [-0.2, -0.15) is 0 Å². The lowest BCUT2D eigenvalue weighted by Crippen LogP contribution is -2.21. The molecule has 0 saturated carbocycles. The molecule has 0 aliphatic carbocycles. The Hall–Kier alpha value is -1.26. The fourth-order valence-electron chi connectivity index (χ4n) is 2.23. The van der Waals surface area contributed by atoms with Gasteiger partial charge in [0, 0.05) is 23.0 Å². The van der Waals surface area contributed by atoms with Crippen LogP contribution in [0.4, 0.5) is 4.39 Å². The van der Waals surface area contributed by atoms with Crippen LogP contribution in [0.1, 0.15) is 43.3 Å². The second kappa shape index (κ2) is 7.14. The van der Waals surface area contributed by atoms with Crippen molar-refractivity contribution >= 4 is 11.3 Å². The Morgan fingerprint density at radius 3 is 2.71 bits per heavy atom. The predicted octanol–water partition coefficient (Wildman–Crippen LogP) is 4.71. The fourth-order valence-corrected chi connectivity index (χ4v) is 3.38. The van der Waals surface area contributed by atoms with Crippen molar-refractivity contribution in [1.29, 1.82) is 0 Å². The third kappa shape index (κ3) is 4.11. The highest BCUT2D eigenvalue weighted by atomic mass is 32.1. The van der Waals surface area contributed by atoms with Crippen LogP contribution in [0.15, 0.2) is 18.2 Å². The molecule has 0 fully saturated rings. The number of aromatic nitrogens is 1. The molecule has 0 bridgehead atoms. The number of nitrogens with one attached hydrogen (secondary N) is 1. The number of nitrogens with zero attached hydrogens (tertiary/aromatic N) is 1. The van der Waals surface area contributed by atoms with Crippen LogP contribution in [0, 0.1) is 12.7 Å². The van der Waals surface area contributed by atoms with Crippen LogP contribution in [0.2, 0.25) is 0 Å². The first kappa shape index (κ1) is 16.1. The van der Waals surface area contributed by atoms with E-state index in [1.807, 2.05) is 13.0 Å². The molecule has 2 rings (SSSR count). The van der Waals surface area contributed by atoms with Gasteiger partial charge < -0.3 is 5.32 Å². The molecular formula is C17H23FN2S. The van der Waals surface area contributed by atoms with Gasteiger partial charge in [-0.25, -0.2) is 9.37 Å². The summed E-state index contributed by atoms with van der Waals surface area (Å²) in [4.78, 5) is 6.09. The number of hydrogen-bond donors (Lipinski definition) is 1. The van der Waals surface area contributed by atoms with Crippen molar-refractivity contribution in [2.75, 3.05) is 0 Å². The summed E-state index contributed by atoms with van der Waals surface area (Å²) >= 11 is 1.72. The van der Waals surface area contributed by atoms with Gasteiger partial charge in [0.1, 0.15) is 10.8 Å². The van der Waals surface area contributed by atoms with Gasteiger partial charge >= 0.3 is 0 Å². The van der Waals surface area contributed by atoms with E-state index in [0.717, 1.165) is 35.5 Å². The Morgan fingerprint density at radius 2 is 2.10 bits per heavy atom. The average Bonchev–Trinajstić information content (AvgIpc) is 2.80. The Kier molecular flexibility index (Phi) is 5.48. The molecule has 0 radical (unpaired) electrons. The molecule has 1 heterocycles. The van der Waals surface area contributed by atoms with Crippen molar-refractivity contribution in [2.45, 2.75) is 53.1 Å². The van der Waals surface area contributed by atoms with Crippen molar-refractivity contribution in [3.8, 4) is 10.6 Å². The van der Waals surface area contributed by atoms with Crippen LogP contribution < -0.4 is 5.32 Å². The SMILES string of the molecule is CCCc1nc(-c2ccc(F)cc2C)sc1CNC(C)C. The van der Waals surface area contributed by atoms with E-state index in [9.17, 15) is 4.39 Å². The van der Waals surface area contributed by atoms with E-state index in [2.05, 4.69) is 26.1 Å². The number of thiazole rings is 1. The van der Waals surface area contributed by atoms with E-state index in [1.54, 1.807) is 17.4 Å². The van der Waals surface area contributed by atoms with E-state index in [1.165, 1.54) is 16.6 Å². The molecule has 0 aliphatic heterocycles. The number of rotatable bonds is 6. The normalized spacial score (nSPS) is 11.3.